The van der Waals surface area contributed by atoms with Gasteiger partial charge >= 0.3 is 0 Å². The maximum Gasteiger partial charge on any atom is 0.254 e. The third-order valence-electron chi connectivity index (χ3n) is 3.81. The van der Waals surface area contributed by atoms with Crippen LogP contribution in [0.4, 0.5) is 4.39 Å². The minimum absolute atomic E-state index is 0.0757. The minimum Gasteiger partial charge on any atom is -0.331 e. The smallest absolute Gasteiger partial charge is 0.254 e. The van der Waals surface area contributed by atoms with Crippen LogP contribution >= 0.6 is 11.3 Å². The topological polar surface area (TPSA) is 20.3 Å². The zero-order valence-corrected chi connectivity index (χ0v) is 12.1. The lowest BCUT2D eigenvalue weighted by Crippen LogP contribution is -2.39. The Labute approximate surface area is 121 Å². The molecular formula is C16H16FNOS. The van der Waals surface area contributed by atoms with Crippen LogP contribution < -0.4 is 0 Å². The van der Waals surface area contributed by atoms with Gasteiger partial charge in [0.1, 0.15) is 5.82 Å². The Bertz CT molecular complexity index is 637. The summed E-state index contributed by atoms with van der Waals surface area (Å²) in [4.78, 5) is 15.9. The number of rotatable bonds is 2. The number of nitrogens with zero attached hydrogens (tertiary/aromatic N) is 1. The lowest BCUT2D eigenvalue weighted by Gasteiger charge is -2.35. The molecular weight excluding hydrogens is 273 g/mol. The average molecular weight is 289 g/mol. The summed E-state index contributed by atoms with van der Waals surface area (Å²) in [6.07, 6.45) is 1.77. The first-order chi connectivity index (χ1) is 9.70. The predicted octanol–water partition coefficient (Wildman–Crippen LogP) is 4.04. The van der Waals surface area contributed by atoms with Crippen molar-refractivity contribution in [3.05, 3.63) is 57.5 Å². The SMILES string of the molecule is CCC1c2ccsc2CCN1C(=O)c1cccc(F)c1. The number of thiophene rings is 1. The van der Waals surface area contributed by atoms with Crippen LogP contribution in [0.1, 0.15) is 40.2 Å². The van der Waals surface area contributed by atoms with E-state index in [1.165, 1.54) is 22.6 Å². The second kappa shape index (κ2) is 5.37. The molecule has 1 amide bonds. The Balaban J connectivity index is 1.92. The highest BCUT2D eigenvalue weighted by Crippen LogP contribution is 2.35. The van der Waals surface area contributed by atoms with Crippen LogP contribution in [0, 0.1) is 5.82 Å². The van der Waals surface area contributed by atoms with Crippen molar-refractivity contribution >= 4 is 17.2 Å². The largest absolute Gasteiger partial charge is 0.331 e. The van der Waals surface area contributed by atoms with Crippen LogP contribution in [0.2, 0.25) is 0 Å². The van der Waals surface area contributed by atoms with Crippen LogP contribution in [-0.2, 0) is 6.42 Å². The zero-order valence-electron chi connectivity index (χ0n) is 11.3. The zero-order chi connectivity index (χ0) is 14.1. The number of carbonyl (C=O) groups excluding carboxylic acids is 1. The van der Waals surface area contributed by atoms with Gasteiger partial charge in [0.05, 0.1) is 6.04 Å². The Hall–Kier alpha value is -1.68. The number of benzene rings is 1. The third-order valence-corrected chi connectivity index (χ3v) is 4.81. The van der Waals surface area contributed by atoms with Crippen molar-refractivity contribution in [2.75, 3.05) is 6.54 Å². The fourth-order valence-corrected chi connectivity index (χ4v) is 3.80. The third kappa shape index (κ3) is 2.24. The van der Waals surface area contributed by atoms with E-state index in [1.807, 2.05) is 4.90 Å². The van der Waals surface area contributed by atoms with Crippen molar-refractivity contribution in [3.8, 4) is 0 Å². The van der Waals surface area contributed by atoms with Crippen molar-refractivity contribution in [2.24, 2.45) is 0 Å². The lowest BCUT2D eigenvalue weighted by molar-refractivity contribution is 0.0657. The first-order valence-electron chi connectivity index (χ1n) is 6.83. The summed E-state index contributed by atoms with van der Waals surface area (Å²) in [5.41, 5.74) is 1.69. The van der Waals surface area contributed by atoms with Gasteiger partial charge in [-0.25, -0.2) is 4.39 Å². The van der Waals surface area contributed by atoms with E-state index in [-0.39, 0.29) is 17.8 Å². The Morgan fingerprint density at radius 3 is 3.05 bits per heavy atom. The lowest BCUT2D eigenvalue weighted by atomic mass is 9.97. The maximum absolute atomic E-state index is 13.3. The molecule has 1 aliphatic rings. The van der Waals surface area contributed by atoms with Gasteiger partial charge < -0.3 is 4.90 Å². The highest BCUT2D eigenvalue weighted by molar-refractivity contribution is 7.10. The van der Waals surface area contributed by atoms with Crippen molar-refractivity contribution in [1.82, 2.24) is 4.90 Å². The van der Waals surface area contributed by atoms with Gasteiger partial charge in [0.25, 0.3) is 5.91 Å². The van der Waals surface area contributed by atoms with Crippen LogP contribution in [0.3, 0.4) is 0 Å². The molecule has 1 aromatic heterocycles. The van der Waals surface area contributed by atoms with Gasteiger partial charge in [-0.2, -0.15) is 0 Å². The fraction of sp³-hybridized carbons (Fsp3) is 0.312. The quantitative estimate of drug-likeness (QED) is 0.817. The van der Waals surface area contributed by atoms with Gasteiger partial charge in [-0.3, -0.25) is 4.79 Å². The Morgan fingerprint density at radius 1 is 1.45 bits per heavy atom. The molecule has 2 nitrogen and oxygen atoms in total. The summed E-state index contributed by atoms with van der Waals surface area (Å²) in [6, 6.07) is 8.17. The van der Waals surface area contributed by atoms with Crippen molar-refractivity contribution < 1.29 is 9.18 Å². The molecule has 1 aromatic carbocycles. The second-order valence-electron chi connectivity index (χ2n) is 4.98. The molecule has 3 rings (SSSR count). The Morgan fingerprint density at radius 2 is 2.30 bits per heavy atom. The van der Waals surface area contributed by atoms with E-state index in [0.717, 1.165) is 12.8 Å². The number of hydrogen-bond acceptors (Lipinski definition) is 2. The van der Waals surface area contributed by atoms with E-state index in [4.69, 9.17) is 0 Å². The summed E-state index contributed by atoms with van der Waals surface area (Å²) in [5.74, 6) is -0.440. The maximum atomic E-state index is 13.3. The van der Waals surface area contributed by atoms with E-state index < -0.39 is 0 Å². The molecule has 2 heterocycles. The number of fused-ring (bicyclic) bond motifs is 1. The monoisotopic (exact) mass is 289 g/mol. The summed E-state index contributed by atoms with van der Waals surface area (Å²) in [7, 11) is 0. The minimum atomic E-state index is -0.364. The number of amides is 1. The molecule has 1 aliphatic heterocycles. The van der Waals surface area contributed by atoms with Gasteiger partial charge in [0.15, 0.2) is 0 Å². The van der Waals surface area contributed by atoms with Crippen molar-refractivity contribution in [2.45, 2.75) is 25.8 Å². The number of halogens is 1. The standard InChI is InChI=1S/C16H16FNOS/c1-2-14-13-7-9-20-15(13)6-8-18(14)16(19)11-4-3-5-12(17)10-11/h3-5,7,9-10,14H,2,6,8H2,1H3. The van der Waals surface area contributed by atoms with Crippen LogP contribution in [-0.4, -0.2) is 17.4 Å². The normalized spacial score (nSPS) is 17.9. The summed E-state index contributed by atoms with van der Waals surface area (Å²) in [6.45, 7) is 2.80. The van der Waals surface area contributed by atoms with E-state index >= 15 is 0 Å². The van der Waals surface area contributed by atoms with E-state index in [0.29, 0.717) is 12.1 Å². The highest BCUT2D eigenvalue weighted by Gasteiger charge is 2.30. The van der Waals surface area contributed by atoms with Gasteiger partial charge in [0, 0.05) is 17.0 Å². The van der Waals surface area contributed by atoms with Gasteiger partial charge in [-0.05, 0) is 48.1 Å². The molecule has 0 bridgehead atoms. The summed E-state index contributed by atoms with van der Waals surface area (Å²) < 4.78 is 13.3. The molecule has 0 N–H and O–H groups in total. The van der Waals surface area contributed by atoms with Crippen LogP contribution in [0.25, 0.3) is 0 Å². The molecule has 0 fully saturated rings. The molecule has 0 spiro atoms. The molecule has 4 heteroatoms. The summed E-state index contributed by atoms with van der Waals surface area (Å²) in [5, 5.41) is 2.09. The van der Waals surface area contributed by atoms with Crippen molar-refractivity contribution in [3.63, 3.8) is 0 Å². The molecule has 0 saturated carbocycles. The van der Waals surface area contributed by atoms with E-state index in [2.05, 4.69) is 18.4 Å². The van der Waals surface area contributed by atoms with Crippen LogP contribution in [0.5, 0.6) is 0 Å². The van der Waals surface area contributed by atoms with Crippen molar-refractivity contribution in [1.29, 1.82) is 0 Å². The molecule has 1 unspecified atom stereocenters. The fourth-order valence-electron chi connectivity index (χ4n) is 2.87. The molecule has 1 atom stereocenters. The molecule has 0 aliphatic carbocycles. The second-order valence-corrected chi connectivity index (χ2v) is 5.98. The molecule has 0 radical (unpaired) electrons. The number of carbonyl (C=O) groups is 1. The highest BCUT2D eigenvalue weighted by atomic mass is 32.1. The van der Waals surface area contributed by atoms with E-state index in [1.54, 1.807) is 23.5 Å². The van der Waals surface area contributed by atoms with Gasteiger partial charge in [0.2, 0.25) is 0 Å². The number of hydrogen-bond donors (Lipinski definition) is 0. The predicted molar refractivity (Wildman–Crippen MR) is 78.5 cm³/mol. The van der Waals surface area contributed by atoms with E-state index in [9.17, 15) is 9.18 Å². The van der Waals surface area contributed by atoms with Gasteiger partial charge in [-0.15, -0.1) is 11.3 Å². The average Bonchev–Trinajstić information content (AvgIpc) is 2.93. The first kappa shape index (κ1) is 13.3. The van der Waals surface area contributed by atoms with Gasteiger partial charge in [-0.1, -0.05) is 13.0 Å². The Kier molecular flexibility index (Phi) is 3.57. The molecule has 0 saturated heterocycles. The molecule has 104 valence electrons. The van der Waals surface area contributed by atoms with Crippen LogP contribution in [0.15, 0.2) is 35.7 Å². The summed E-state index contributed by atoms with van der Waals surface area (Å²) >= 11 is 1.76. The molecule has 2 aromatic rings. The first-order valence-corrected chi connectivity index (χ1v) is 7.71. The molecule has 20 heavy (non-hydrogen) atoms.